The van der Waals surface area contributed by atoms with E-state index in [1.54, 1.807) is 30.3 Å². The lowest BCUT2D eigenvalue weighted by atomic mass is 10.1. The SMILES string of the molecule is O=C(CN1CCCCC1)Nc1nc(-c2ccc3c(c2)CCN3S(=O)(=O)c2ccccc2)cs1. The Labute approximate surface area is 198 Å². The molecule has 0 aliphatic carbocycles. The first kappa shape index (κ1) is 22.1. The molecule has 5 rings (SSSR count). The predicted octanol–water partition coefficient (Wildman–Crippen LogP) is 3.99. The lowest BCUT2D eigenvalue weighted by molar-refractivity contribution is -0.117. The normalized spacial score (nSPS) is 16.5. The van der Waals surface area contributed by atoms with E-state index >= 15 is 0 Å². The number of hydrogen-bond acceptors (Lipinski definition) is 6. The molecule has 7 nitrogen and oxygen atoms in total. The number of anilines is 2. The molecular weight excluding hydrogens is 456 g/mol. The molecule has 0 spiro atoms. The van der Waals surface area contributed by atoms with Crippen molar-refractivity contribution >= 4 is 38.1 Å². The number of hydrogen-bond donors (Lipinski definition) is 1. The van der Waals surface area contributed by atoms with Crippen molar-refractivity contribution in [1.29, 1.82) is 0 Å². The average molecular weight is 483 g/mol. The molecule has 0 atom stereocenters. The van der Waals surface area contributed by atoms with Gasteiger partial charge in [-0.15, -0.1) is 11.3 Å². The zero-order chi connectivity index (χ0) is 22.8. The van der Waals surface area contributed by atoms with Crippen LogP contribution in [0.1, 0.15) is 24.8 Å². The second-order valence-corrected chi connectivity index (χ2v) is 11.1. The highest BCUT2D eigenvalue weighted by molar-refractivity contribution is 7.92. The molecular formula is C24H26N4O3S2. The van der Waals surface area contributed by atoms with Crippen LogP contribution in [0.3, 0.4) is 0 Å². The number of piperidine rings is 1. The summed E-state index contributed by atoms with van der Waals surface area (Å²) >= 11 is 1.40. The fourth-order valence-electron chi connectivity index (χ4n) is 4.44. The van der Waals surface area contributed by atoms with Gasteiger partial charge in [0.05, 0.1) is 22.8 Å². The summed E-state index contributed by atoms with van der Waals surface area (Å²) in [5.74, 6) is -0.0338. The number of aromatic nitrogens is 1. The highest BCUT2D eigenvalue weighted by atomic mass is 32.2. The van der Waals surface area contributed by atoms with Gasteiger partial charge in [0, 0.05) is 17.5 Å². The molecule has 33 heavy (non-hydrogen) atoms. The number of fused-ring (bicyclic) bond motifs is 1. The molecule has 1 N–H and O–H groups in total. The van der Waals surface area contributed by atoms with E-state index < -0.39 is 10.0 Å². The minimum Gasteiger partial charge on any atom is -0.301 e. The van der Waals surface area contributed by atoms with Gasteiger partial charge in [0.15, 0.2) is 5.13 Å². The van der Waals surface area contributed by atoms with Gasteiger partial charge in [0.2, 0.25) is 5.91 Å². The highest BCUT2D eigenvalue weighted by Crippen LogP contribution is 2.36. The first-order valence-electron chi connectivity index (χ1n) is 11.2. The second kappa shape index (κ2) is 9.24. The van der Waals surface area contributed by atoms with Crippen molar-refractivity contribution in [3.8, 4) is 11.3 Å². The number of nitrogens with one attached hydrogen (secondary N) is 1. The summed E-state index contributed by atoms with van der Waals surface area (Å²) in [5, 5.41) is 5.42. The van der Waals surface area contributed by atoms with Gasteiger partial charge in [-0.3, -0.25) is 14.0 Å². The largest absolute Gasteiger partial charge is 0.301 e. The lowest BCUT2D eigenvalue weighted by Crippen LogP contribution is -2.36. The molecule has 2 aliphatic heterocycles. The predicted molar refractivity (Wildman–Crippen MR) is 131 cm³/mol. The quantitative estimate of drug-likeness (QED) is 0.575. The highest BCUT2D eigenvalue weighted by Gasteiger charge is 2.31. The Bertz CT molecular complexity index is 1250. The maximum absolute atomic E-state index is 13.1. The van der Waals surface area contributed by atoms with Crippen LogP contribution in [0.4, 0.5) is 10.8 Å². The third-order valence-corrected chi connectivity index (χ3v) is 8.71. The smallest absolute Gasteiger partial charge is 0.264 e. The average Bonchev–Trinajstić information content (AvgIpc) is 3.47. The summed E-state index contributed by atoms with van der Waals surface area (Å²) < 4.78 is 27.6. The monoisotopic (exact) mass is 482 g/mol. The number of rotatable bonds is 6. The van der Waals surface area contributed by atoms with Gasteiger partial charge in [0.25, 0.3) is 10.0 Å². The van der Waals surface area contributed by atoms with Crippen molar-refractivity contribution < 1.29 is 13.2 Å². The minimum atomic E-state index is -3.58. The Morgan fingerprint density at radius 1 is 1.03 bits per heavy atom. The molecule has 1 amide bonds. The Hall–Kier alpha value is -2.75. The first-order valence-corrected chi connectivity index (χ1v) is 13.5. The molecule has 0 radical (unpaired) electrons. The molecule has 1 saturated heterocycles. The molecule has 0 bridgehead atoms. The number of nitrogens with zero attached hydrogens (tertiary/aromatic N) is 3. The second-order valence-electron chi connectivity index (χ2n) is 8.41. The van der Waals surface area contributed by atoms with E-state index in [9.17, 15) is 13.2 Å². The number of amides is 1. The van der Waals surface area contributed by atoms with Crippen LogP contribution in [-0.2, 0) is 21.2 Å². The molecule has 172 valence electrons. The number of carbonyl (C=O) groups is 1. The molecule has 2 aliphatic rings. The maximum atomic E-state index is 13.1. The van der Waals surface area contributed by atoms with Crippen molar-refractivity contribution in [2.24, 2.45) is 0 Å². The van der Waals surface area contributed by atoms with Crippen molar-refractivity contribution in [3.05, 3.63) is 59.5 Å². The summed E-state index contributed by atoms with van der Waals surface area (Å²) in [7, 11) is -3.58. The zero-order valence-electron chi connectivity index (χ0n) is 18.2. The molecule has 0 saturated carbocycles. The van der Waals surface area contributed by atoms with Crippen molar-refractivity contribution in [3.63, 3.8) is 0 Å². The van der Waals surface area contributed by atoms with Gasteiger partial charge in [-0.2, -0.15) is 0 Å². The van der Waals surface area contributed by atoms with E-state index in [0.29, 0.717) is 35.2 Å². The maximum Gasteiger partial charge on any atom is 0.264 e. The zero-order valence-corrected chi connectivity index (χ0v) is 19.9. The number of likely N-dealkylation sites (tertiary alicyclic amines) is 1. The Morgan fingerprint density at radius 3 is 2.61 bits per heavy atom. The van der Waals surface area contributed by atoms with Gasteiger partial charge in [0.1, 0.15) is 0 Å². The molecule has 2 aromatic carbocycles. The molecule has 1 aromatic heterocycles. The third-order valence-electron chi connectivity index (χ3n) is 6.13. The topological polar surface area (TPSA) is 82.6 Å². The van der Waals surface area contributed by atoms with Crippen molar-refractivity contribution in [2.75, 3.05) is 35.8 Å². The fraction of sp³-hybridized carbons (Fsp3) is 0.333. The van der Waals surface area contributed by atoms with Crippen LogP contribution in [0.2, 0.25) is 0 Å². The van der Waals surface area contributed by atoms with Gasteiger partial charge in [-0.1, -0.05) is 30.7 Å². The van der Waals surface area contributed by atoms with E-state index in [4.69, 9.17) is 0 Å². The minimum absolute atomic E-state index is 0.0338. The number of carbonyl (C=O) groups excluding carboxylic acids is 1. The van der Waals surface area contributed by atoms with Crippen LogP contribution >= 0.6 is 11.3 Å². The van der Waals surface area contributed by atoms with Gasteiger partial charge < -0.3 is 5.32 Å². The van der Waals surface area contributed by atoms with Crippen LogP contribution in [0.15, 0.2) is 58.8 Å². The molecule has 9 heteroatoms. The summed E-state index contributed by atoms with van der Waals surface area (Å²) in [6, 6.07) is 14.3. The van der Waals surface area contributed by atoms with Crippen molar-refractivity contribution in [2.45, 2.75) is 30.6 Å². The fourth-order valence-corrected chi connectivity index (χ4v) is 6.70. The number of thiazole rings is 1. The van der Waals surface area contributed by atoms with Gasteiger partial charge >= 0.3 is 0 Å². The first-order chi connectivity index (χ1) is 16.0. The molecule has 1 fully saturated rings. The molecule has 0 unspecified atom stereocenters. The van der Waals surface area contributed by atoms with Gasteiger partial charge in [-0.25, -0.2) is 13.4 Å². The summed E-state index contributed by atoms with van der Waals surface area (Å²) in [6.45, 7) is 2.77. The number of benzene rings is 2. The van der Waals surface area contributed by atoms with E-state index in [1.807, 2.05) is 23.6 Å². The van der Waals surface area contributed by atoms with E-state index in [0.717, 1.165) is 42.8 Å². The van der Waals surface area contributed by atoms with E-state index in [1.165, 1.54) is 22.1 Å². The van der Waals surface area contributed by atoms with Crippen molar-refractivity contribution in [1.82, 2.24) is 9.88 Å². The van der Waals surface area contributed by atoms with E-state index in [2.05, 4.69) is 15.2 Å². The molecule has 3 aromatic rings. The number of sulfonamides is 1. The molecule has 3 heterocycles. The lowest BCUT2D eigenvalue weighted by Gasteiger charge is -2.25. The van der Waals surface area contributed by atoms with E-state index in [-0.39, 0.29) is 5.91 Å². The summed E-state index contributed by atoms with van der Waals surface area (Å²) in [5.41, 5.74) is 3.39. The third kappa shape index (κ3) is 4.66. The Balaban J connectivity index is 1.29. The van der Waals surface area contributed by atoms with Crippen LogP contribution in [-0.4, -0.2) is 50.4 Å². The van der Waals surface area contributed by atoms with Gasteiger partial charge in [-0.05, 0) is 62.2 Å². The Morgan fingerprint density at radius 2 is 1.82 bits per heavy atom. The summed E-state index contributed by atoms with van der Waals surface area (Å²) in [6.07, 6.45) is 4.19. The van der Waals surface area contributed by atoms with Crippen LogP contribution in [0.25, 0.3) is 11.3 Å². The van der Waals surface area contributed by atoms with Crippen LogP contribution in [0.5, 0.6) is 0 Å². The summed E-state index contributed by atoms with van der Waals surface area (Å²) in [4.78, 5) is 19.5. The van der Waals surface area contributed by atoms with Crippen LogP contribution in [0, 0.1) is 0 Å². The van der Waals surface area contributed by atoms with Crippen LogP contribution < -0.4 is 9.62 Å². The Kier molecular flexibility index (Phi) is 6.18. The standard InChI is InChI=1S/C24H26N4O3S2/c29-23(16-27-12-5-2-6-13-27)26-24-25-21(17-32-24)18-9-10-22-19(15-18)11-14-28(22)33(30,31)20-7-3-1-4-8-20/h1,3-4,7-10,15,17H,2,5-6,11-14,16H2,(H,25,26,29).